The van der Waals surface area contributed by atoms with Gasteiger partial charge in [-0.3, -0.25) is 30.0 Å². The van der Waals surface area contributed by atoms with E-state index in [0.29, 0.717) is 34.4 Å². The maximum Gasteiger partial charge on any atom is 0.273 e. The first-order valence-corrected chi connectivity index (χ1v) is 18.2. The Morgan fingerprint density at radius 2 is 1.19 bits per heavy atom. The number of rotatable bonds is 5. The number of aliphatic hydroxyl groups is 1. The number of anilines is 3. The number of nitro groups is 2. The van der Waals surface area contributed by atoms with Crippen molar-refractivity contribution in [3.05, 3.63) is 173 Å². The number of para-hydroxylation sites is 6. The Bertz CT molecular complexity index is 2300. The van der Waals surface area contributed by atoms with Gasteiger partial charge in [-0.1, -0.05) is 72.3 Å². The van der Waals surface area contributed by atoms with Crippen LogP contribution in [-0.2, 0) is 4.79 Å². The zero-order chi connectivity index (χ0) is 41.8. The number of fused-ring (bicyclic) bond motifs is 1. The highest BCUT2D eigenvalue weighted by molar-refractivity contribution is 6.31. The van der Waals surface area contributed by atoms with Gasteiger partial charge in [-0.25, -0.2) is 0 Å². The molecule has 0 fully saturated rings. The average molecular weight is 793 g/mol. The fraction of sp³-hybridized carbons (Fsp3) is 0.190. The van der Waals surface area contributed by atoms with Crippen molar-refractivity contribution in [2.75, 3.05) is 23.4 Å². The SMILES string of the molecule is CC1=C(C)C(c2ccccc2[N+](=O)[O-])C(C=O)=C(Cl)N1.CC1=C(C)C(c2ccccc2[N+](=O)[O-])C2=C(N1)Nc1ccccc1N=C2.CCO.Nc1ccccc1N. The van der Waals surface area contributed by atoms with Crippen LogP contribution in [0.1, 0.15) is 57.6 Å². The van der Waals surface area contributed by atoms with Crippen molar-refractivity contribution in [2.45, 2.75) is 46.5 Å². The van der Waals surface area contributed by atoms with Gasteiger partial charge in [0, 0.05) is 70.5 Å². The number of hydrogen-bond acceptors (Lipinski definition) is 12. The Hall–Kier alpha value is -6.77. The minimum atomic E-state index is -0.497. The number of dihydropyridines is 2. The van der Waals surface area contributed by atoms with Crippen LogP contribution in [0.3, 0.4) is 0 Å². The minimum Gasteiger partial charge on any atom is -0.397 e. The number of aliphatic imine (C=N–C) groups is 1. The number of hydrogen-bond donors (Lipinski definition) is 6. The number of carbonyl (C=O) groups is 1. The highest BCUT2D eigenvalue weighted by Crippen LogP contribution is 2.43. The van der Waals surface area contributed by atoms with Crippen LogP contribution < -0.4 is 27.4 Å². The lowest BCUT2D eigenvalue weighted by Crippen LogP contribution is -2.29. The summed E-state index contributed by atoms with van der Waals surface area (Å²) in [6, 6.07) is 28.3. The number of carbonyl (C=O) groups excluding carboxylic acids is 1. The molecule has 0 spiro atoms. The molecule has 7 rings (SSSR count). The molecular formula is C42H45ClN8O6. The summed E-state index contributed by atoms with van der Waals surface area (Å²) in [4.78, 5) is 37.9. The molecule has 4 aromatic rings. The number of allylic oxidation sites excluding steroid dienone is 6. The van der Waals surface area contributed by atoms with Crippen molar-refractivity contribution in [3.8, 4) is 0 Å². The lowest BCUT2D eigenvalue weighted by molar-refractivity contribution is -0.385. The quantitative estimate of drug-likeness (QED) is 0.0368. The van der Waals surface area contributed by atoms with E-state index in [9.17, 15) is 25.0 Å². The predicted molar refractivity (Wildman–Crippen MR) is 227 cm³/mol. The average Bonchev–Trinajstić information content (AvgIpc) is 3.37. The molecule has 0 radical (unpaired) electrons. The van der Waals surface area contributed by atoms with Gasteiger partial charge in [-0.2, -0.15) is 0 Å². The fourth-order valence-corrected chi connectivity index (χ4v) is 6.60. The zero-order valence-electron chi connectivity index (χ0n) is 32.1. The van der Waals surface area contributed by atoms with E-state index in [2.05, 4.69) is 20.9 Å². The lowest BCUT2D eigenvalue weighted by atomic mass is 9.82. The van der Waals surface area contributed by atoms with E-state index in [0.717, 1.165) is 45.3 Å². The number of nitrogens with zero attached hydrogens (tertiary/aromatic N) is 3. The van der Waals surface area contributed by atoms with Crippen LogP contribution in [0.25, 0.3) is 0 Å². The van der Waals surface area contributed by atoms with Crippen LogP contribution in [0, 0.1) is 20.2 Å². The van der Waals surface area contributed by atoms with E-state index in [-0.39, 0.29) is 34.0 Å². The third-order valence-corrected chi connectivity index (χ3v) is 9.65. The third kappa shape index (κ3) is 10.1. The molecule has 3 aliphatic rings. The van der Waals surface area contributed by atoms with Gasteiger partial charge in [0.05, 0.1) is 32.6 Å². The van der Waals surface area contributed by atoms with Gasteiger partial charge in [0.1, 0.15) is 17.3 Å². The van der Waals surface area contributed by atoms with Gasteiger partial charge in [0.15, 0.2) is 0 Å². The number of aliphatic hydroxyl groups excluding tert-OH is 1. The van der Waals surface area contributed by atoms with Gasteiger partial charge < -0.3 is 32.5 Å². The maximum absolute atomic E-state index is 11.6. The Morgan fingerprint density at radius 1 is 0.737 bits per heavy atom. The first-order valence-electron chi connectivity index (χ1n) is 17.8. The number of nitro benzene ring substituents is 2. The van der Waals surface area contributed by atoms with Crippen molar-refractivity contribution < 1.29 is 19.7 Å². The van der Waals surface area contributed by atoms with Crippen molar-refractivity contribution in [3.63, 3.8) is 0 Å². The third-order valence-electron chi connectivity index (χ3n) is 9.34. The molecule has 2 atom stereocenters. The number of nitrogens with one attached hydrogen (secondary N) is 3. The van der Waals surface area contributed by atoms with E-state index < -0.39 is 10.8 Å². The zero-order valence-corrected chi connectivity index (χ0v) is 32.9. The molecular weight excluding hydrogens is 748 g/mol. The Kier molecular flexibility index (Phi) is 14.9. The molecule has 3 heterocycles. The van der Waals surface area contributed by atoms with Crippen molar-refractivity contribution >= 4 is 58.2 Å². The van der Waals surface area contributed by atoms with Gasteiger partial charge in [-0.15, -0.1) is 0 Å². The molecule has 14 nitrogen and oxygen atoms in total. The molecule has 0 aliphatic carbocycles. The molecule has 296 valence electrons. The summed E-state index contributed by atoms with van der Waals surface area (Å²) >= 11 is 6.05. The number of benzene rings is 4. The number of aldehydes is 1. The molecule has 3 aliphatic heterocycles. The van der Waals surface area contributed by atoms with E-state index in [1.165, 1.54) is 6.07 Å². The fourth-order valence-electron chi connectivity index (χ4n) is 6.30. The molecule has 0 aromatic heterocycles. The van der Waals surface area contributed by atoms with Crippen molar-refractivity contribution in [1.29, 1.82) is 0 Å². The molecule has 0 saturated heterocycles. The highest BCUT2D eigenvalue weighted by Gasteiger charge is 2.33. The van der Waals surface area contributed by atoms with Crippen LogP contribution in [0.4, 0.5) is 34.1 Å². The molecule has 8 N–H and O–H groups in total. The van der Waals surface area contributed by atoms with Crippen LogP contribution in [-0.4, -0.2) is 34.1 Å². The topological polar surface area (TPSA) is 224 Å². The monoisotopic (exact) mass is 792 g/mol. The van der Waals surface area contributed by atoms with E-state index >= 15 is 0 Å². The standard InChI is InChI=1S/C20H18N4O2.C14H13ClN2O3.C6H8N2.C2H6O/c1-12-13(2)22-20-15(11-21-16-8-4-5-9-17(16)23-20)19(12)14-7-3-6-10-18(14)24(25)26;1-8-9(2)16-14(15)11(7-18)13(8)10-5-3-4-6-12(10)17(19)20;7-5-3-1-2-4-6(5)8;1-2-3/h3-11,19,22-23H,1-2H3;3-7,13,16H,1-2H3;1-4H,7-8H2;3H,2H2,1H3. The second kappa shape index (κ2) is 19.7. The van der Waals surface area contributed by atoms with E-state index in [4.69, 9.17) is 28.2 Å². The van der Waals surface area contributed by atoms with E-state index in [1.807, 2.05) is 76.2 Å². The van der Waals surface area contributed by atoms with Crippen molar-refractivity contribution in [1.82, 2.24) is 10.6 Å². The Morgan fingerprint density at radius 3 is 1.72 bits per heavy atom. The second-order valence-corrected chi connectivity index (χ2v) is 13.3. The highest BCUT2D eigenvalue weighted by atomic mass is 35.5. The van der Waals surface area contributed by atoms with Crippen LogP contribution in [0.5, 0.6) is 0 Å². The largest absolute Gasteiger partial charge is 0.397 e. The Balaban J connectivity index is 0.000000204. The number of nitrogen functional groups attached to an aromatic ring is 2. The number of halogens is 1. The number of nitrogens with two attached hydrogens (primary N) is 2. The van der Waals surface area contributed by atoms with Crippen LogP contribution in [0.15, 0.2) is 147 Å². The predicted octanol–water partition coefficient (Wildman–Crippen LogP) is 8.69. The first-order chi connectivity index (χ1) is 27.2. The molecule has 2 unspecified atom stereocenters. The molecule has 0 saturated carbocycles. The summed E-state index contributed by atoms with van der Waals surface area (Å²) < 4.78 is 0. The normalized spacial score (nSPS) is 16.6. The summed E-state index contributed by atoms with van der Waals surface area (Å²) in [5, 5.41) is 40.2. The summed E-state index contributed by atoms with van der Waals surface area (Å²) in [5.74, 6) is 0.0752. The molecule has 0 bridgehead atoms. The summed E-state index contributed by atoms with van der Waals surface area (Å²) in [6.45, 7) is 9.56. The molecule has 57 heavy (non-hydrogen) atoms. The van der Waals surface area contributed by atoms with Gasteiger partial charge in [0.2, 0.25) is 0 Å². The minimum absolute atomic E-state index is 0.0182. The molecule has 0 amide bonds. The van der Waals surface area contributed by atoms with Gasteiger partial charge in [0.25, 0.3) is 11.4 Å². The summed E-state index contributed by atoms with van der Waals surface area (Å²) in [7, 11) is 0. The molecule has 15 heteroatoms. The summed E-state index contributed by atoms with van der Waals surface area (Å²) in [5.41, 5.74) is 19.9. The maximum atomic E-state index is 11.6. The molecule has 4 aromatic carbocycles. The first kappa shape index (κ1) is 43.0. The Labute approximate surface area is 335 Å². The van der Waals surface area contributed by atoms with Crippen LogP contribution in [0.2, 0.25) is 0 Å². The van der Waals surface area contributed by atoms with Crippen LogP contribution >= 0.6 is 11.6 Å². The van der Waals surface area contributed by atoms with Gasteiger partial charge in [-0.05, 0) is 70.0 Å². The lowest BCUT2D eigenvalue weighted by Gasteiger charge is -2.30. The van der Waals surface area contributed by atoms with Crippen molar-refractivity contribution in [2.24, 2.45) is 4.99 Å². The smallest absolute Gasteiger partial charge is 0.273 e. The summed E-state index contributed by atoms with van der Waals surface area (Å²) in [6.07, 6.45) is 2.45. The van der Waals surface area contributed by atoms with Gasteiger partial charge >= 0.3 is 0 Å². The van der Waals surface area contributed by atoms with E-state index in [1.54, 1.807) is 55.6 Å². The second-order valence-electron chi connectivity index (χ2n) is 12.9.